The van der Waals surface area contributed by atoms with Crippen molar-refractivity contribution in [2.75, 3.05) is 5.75 Å². The second kappa shape index (κ2) is 10.5. The van der Waals surface area contributed by atoms with Gasteiger partial charge in [0.2, 0.25) is 0 Å². The quantitative estimate of drug-likeness (QED) is 0.315. The van der Waals surface area contributed by atoms with Crippen LogP contribution in [0.15, 0.2) is 103 Å². The van der Waals surface area contributed by atoms with Crippen LogP contribution in [0.4, 0.5) is 0 Å². The van der Waals surface area contributed by atoms with Crippen LogP contribution in [-0.2, 0) is 11.3 Å². The SMILES string of the molecule is O=C([O-])c1nccn1CCSC(c1ccccc1)(c1ccccc1)c1ccccc1.[Li+]. The molecule has 0 unspecified atom stereocenters. The van der Waals surface area contributed by atoms with E-state index in [0.717, 1.165) is 0 Å². The van der Waals surface area contributed by atoms with Gasteiger partial charge in [-0.3, -0.25) is 0 Å². The van der Waals surface area contributed by atoms with E-state index in [4.69, 9.17) is 0 Å². The smallest absolute Gasteiger partial charge is 0.542 e. The predicted molar refractivity (Wildman–Crippen MR) is 118 cm³/mol. The summed E-state index contributed by atoms with van der Waals surface area (Å²) in [6, 6.07) is 31.3. The van der Waals surface area contributed by atoms with Crippen LogP contribution >= 0.6 is 11.8 Å². The standard InChI is InChI=1S/C25H22N2O2S.Li/c28-24(29)23-26-16-17-27(23)18-19-30-25(20-10-4-1-5-11-20,21-12-6-2-7-13-21)22-14-8-3-9-15-22;/h1-17H,18-19H2,(H,28,29);/q;+1/p-1. The maximum Gasteiger partial charge on any atom is 1.00 e. The van der Waals surface area contributed by atoms with E-state index in [1.54, 1.807) is 22.5 Å². The number of nitrogens with zero attached hydrogens (tertiary/aromatic N) is 2. The predicted octanol–water partition coefficient (Wildman–Crippen LogP) is 0.976. The van der Waals surface area contributed by atoms with Gasteiger partial charge in [0.25, 0.3) is 0 Å². The van der Waals surface area contributed by atoms with Gasteiger partial charge in [0, 0.05) is 24.7 Å². The van der Waals surface area contributed by atoms with E-state index >= 15 is 0 Å². The van der Waals surface area contributed by atoms with Crippen molar-refractivity contribution in [2.45, 2.75) is 11.3 Å². The van der Waals surface area contributed by atoms with Crippen molar-refractivity contribution < 1.29 is 28.8 Å². The average Bonchev–Trinajstić information content (AvgIpc) is 3.28. The number of aryl methyl sites for hydroxylation is 1. The number of imidazole rings is 1. The van der Waals surface area contributed by atoms with Crippen molar-refractivity contribution in [3.63, 3.8) is 0 Å². The number of hydrogen-bond donors (Lipinski definition) is 0. The monoisotopic (exact) mass is 420 g/mol. The van der Waals surface area contributed by atoms with Crippen molar-refractivity contribution in [3.8, 4) is 0 Å². The molecule has 6 heteroatoms. The van der Waals surface area contributed by atoms with Crippen molar-refractivity contribution >= 4 is 17.7 Å². The summed E-state index contributed by atoms with van der Waals surface area (Å²) in [6.45, 7) is 0.516. The van der Waals surface area contributed by atoms with Crippen LogP contribution < -0.4 is 24.0 Å². The van der Waals surface area contributed by atoms with E-state index in [9.17, 15) is 9.90 Å². The van der Waals surface area contributed by atoms with Gasteiger partial charge in [-0.2, -0.15) is 0 Å². The van der Waals surface area contributed by atoms with Gasteiger partial charge in [-0.05, 0) is 16.7 Å². The molecular formula is C25H21LiN2O2S. The fraction of sp³-hybridized carbons (Fsp3) is 0.120. The van der Waals surface area contributed by atoms with Gasteiger partial charge >= 0.3 is 18.9 Å². The number of carbonyl (C=O) groups is 1. The van der Waals surface area contributed by atoms with Crippen LogP contribution in [0.3, 0.4) is 0 Å². The first-order valence-electron chi connectivity index (χ1n) is 9.75. The summed E-state index contributed by atoms with van der Waals surface area (Å²) in [4.78, 5) is 15.2. The van der Waals surface area contributed by atoms with Gasteiger partial charge in [0.05, 0.1) is 4.75 Å². The summed E-state index contributed by atoms with van der Waals surface area (Å²) in [5.74, 6) is -0.610. The molecule has 0 spiro atoms. The van der Waals surface area contributed by atoms with Gasteiger partial charge < -0.3 is 14.5 Å². The number of thioether (sulfide) groups is 1. The Labute approximate surface area is 198 Å². The molecule has 150 valence electrons. The van der Waals surface area contributed by atoms with Gasteiger partial charge in [-0.1, -0.05) is 91.0 Å². The maximum atomic E-state index is 11.3. The number of carbonyl (C=O) groups excluding carboxylic acids is 1. The molecule has 4 aromatic rings. The molecule has 0 bridgehead atoms. The number of rotatable bonds is 8. The largest absolute Gasteiger partial charge is 1.00 e. The summed E-state index contributed by atoms with van der Waals surface area (Å²) in [5, 5.41) is 11.3. The molecule has 0 saturated heterocycles. The number of benzene rings is 3. The van der Waals surface area contributed by atoms with Crippen molar-refractivity contribution in [2.24, 2.45) is 0 Å². The molecule has 31 heavy (non-hydrogen) atoms. The first kappa shape index (κ1) is 23.0. The van der Waals surface area contributed by atoms with Crippen LogP contribution in [0, 0.1) is 0 Å². The zero-order chi connectivity index (χ0) is 20.8. The zero-order valence-corrected chi connectivity index (χ0v) is 18.2. The molecule has 0 fully saturated rings. The average molecular weight is 420 g/mol. The van der Waals surface area contributed by atoms with E-state index in [0.29, 0.717) is 12.3 Å². The molecular weight excluding hydrogens is 399 g/mol. The van der Waals surface area contributed by atoms with Crippen molar-refractivity contribution in [3.05, 3.63) is 126 Å². The Morgan fingerprint density at radius 1 is 0.839 bits per heavy atom. The Hall–Kier alpha value is -2.71. The molecule has 0 radical (unpaired) electrons. The van der Waals surface area contributed by atoms with Gasteiger partial charge in [-0.25, -0.2) is 4.98 Å². The van der Waals surface area contributed by atoms with E-state index in [1.165, 1.54) is 22.9 Å². The number of aromatic carboxylic acids is 1. The maximum absolute atomic E-state index is 11.3. The molecule has 0 aliphatic carbocycles. The molecule has 4 nitrogen and oxygen atoms in total. The number of aromatic nitrogens is 2. The van der Waals surface area contributed by atoms with E-state index in [2.05, 4.69) is 77.8 Å². The van der Waals surface area contributed by atoms with E-state index in [-0.39, 0.29) is 24.7 Å². The third-order valence-electron chi connectivity index (χ3n) is 5.09. The first-order chi connectivity index (χ1) is 14.7. The van der Waals surface area contributed by atoms with E-state index < -0.39 is 10.7 Å². The third kappa shape index (κ3) is 4.80. The van der Waals surface area contributed by atoms with Crippen LogP contribution in [0.25, 0.3) is 0 Å². The Bertz CT molecular complexity index is 1010. The molecule has 4 rings (SSSR count). The van der Waals surface area contributed by atoms with Crippen LogP contribution in [0.5, 0.6) is 0 Å². The number of carboxylic acid groups (broad SMARTS) is 1. The molecule has 0 amide bonds. The second-order valence-electron chi connectivity index (χ2n) is 6.86. The number of carboxylic acids is 1. The first-order valence-corrected chi connectivity index (χ1v) is 10.7. The summed E-state index contributed by atoms with van der Waals surface area (Å²) < 4.78 is 1.21. The number of hydrogen-bond acceptors (Lipinski definition) is 4. The van der Waals surface area contributed by atoms with Crippen LogP contribution in [0.2, 0.25) is 0 Å². The van der Waals surface area contributed by atoms with Gasteiger partial charge in [0.15, 0.2) is 5.82 Å². The normalized spacial score (nSPS) is 11.0. The molecule has 1 aromatic heterocycles. The fourth-order valence-electron chi connectivity index (χ4n) is 3.75. The molecule has 0 atom stereocenters. The summed E-state index contributed by atoms with van der Waals surface area (Å²) in [7, 11) is 0. The topological polar surface area (TPSA) is 57.9 Å². The molecule has 0 saturated carbocycles. The molecule has 1 heterocycles. The molecule has 0 N–H and O–H groups in total. The summed E-state index contributed by atoms with van der Waals surface area (Å²) in [5.41, 5.74) is 3.54. The molecule has 3 aromatic carbocycles. The Morgan fingerprint density at radius 2 is 1.29 bits per heavy atom. The second-order valence-corrected chi connectivity index (χ2v) is 8.17. The minimum Gasteiger partial charge on any atom is -0.542 e. The van der Waals surface area contributed by atoms with E-state index in [1.807, 2.05) is 18.2 Å². The Kier molecular flexibility index (Phi) is 7.81. The summed E-state index contributed by atoms with van der Waals surface area (Å²) in [6.07, 6.45) is 3.18. The van der Waals surface area contributed by atoms with Gasteiger partial charge in [0.1, 0.15) is 5.97 Å². The van der Waals surface area contributed by atoms with Gasteiger partial charge in [-0.15, -0.1) is 11.8 Å². The summed E-state index contributed by atoms with van der Waals surface area (Å²) >= 11 is 1.78. The van der Waals surface area contributed by atoms with Crippen molar-refractivity contribution in [1.82, 2.24) is 9.55 Å². The van der Waals surface area contributed by atoms with Crippen LogP contribution in [0.1, 0.15) is 27.3 Å². The Balaban J connectivity index is 0.00000272. The molecule has 0 aliphatic rings. The minimum absolute atomic E-state index is 0. The minimum atomic E-state index is -1.26. The zero-order valence-electron chi connectivity index (χ0n) is 17.3. The third-order valence-corrected chi connectivity index (χ3v) is 6.62. The van der Waals surface area contributed by atoms with Crippen molar-refractivity contribution in [1.29, 1.82) is 0 Å². The van der Waals surface area contributed by atoms with Crippen LogP contribution in [-0.4, -0.2) is 21.3 Å². The fourth-order valence-corrected chi connectivity index (χ4v) is 5.25. The Morgan fingerprint density at radius 3 is 1.71 bits per heavy atom. The molecule has 0 aliphatic heterocycles.